The zero-order valence-electron chi connectivity index (χ0n) is 23.2. The summed E-state index contributed by atoms with van der Waals surface area (Å²) >= 11 is 0. The number of rotatable bonds is 9. The molecule has 0 spiro atoms. The topological polar surface area (TPSA) is 79.2 Å². The number of carbonyl (C=O) groups excluding carboxylic acids is 1. The highest BCUT2D eigenvalue weighted by Gasteiger charge is 2.10. The van der Waals surface area contributed by atoms with E-state index in [1.54, 1.807) is 18.3 Å². The second kappa shape index (κ2) is 14.4. The zero-order valence-corrected chi connectivity index (χ0v) is 23.2. The lowest BCUT2D eigenvalue weighted by Gasteiger charge is -2.09. The minimum absolute atomic E-state index is 0.0216. The number of nitrogens with zero attached hydrogens (tertiary/aromatic N) is 2. The number of anilines is 1. The molecular weight excluding hydrogens is 484 g/mol. The van der Waals surface area contributed by atoms with Gasteiger partial charge in [0.25, 0.3) is 5.91 Å². The van der Waals surface area contributed by atoms with Crippen LogP contribution in [0.5, 0.6) is 5.75 Å². The van der Waals surface area contributed by atoms with Crippen LogP contribution in [0.4, 0.5) is 5.69 Å². The van der Waals surface area contributed by atoms with E-state index in [9.17, 15) is 9.90 Å². The average molecular weight is 523 g/mol. The van der Waals surface area contributed by atoms with E-state index in [0.717, 1.165) is 58.7 Å². The van der Waals surface area contributed by atoms with E-state index < -0.39 is 0 Å². The first-order chi connectivity index (χ1) is 18.8. The lowest BCUT2D eigenvalue weighted by Crippen LogP contribution is -2.25. The van der Waals surface area contributed by atoms with Crippen molar-refractivity contribution in [2.75, 3.05) is 18.9 Å². The molecule has 0 unspecified atom stereocenters. The summed E-state index contributed by atoms with van der Waals surface area (Å²) in [5.41, 5.74) is 7.52. The van der Waals surface area contributed by atoms with Crippen molar-refractivity contribution in [1.29, 1.82) is 0 Å². The van der Waals surface area contributed by atoms with Crippen molar-refractivity contribution in [3.05, 3.63) is 126 Å². The van der Waals surface area contributed by atoms with Crippen molar-refractivity contribution in [2.45, 2.75) is 33.6 Å². The Labute approximate surface area is 231 Å². The molecule has 0 aliphatic heterocycles. The van der Waals surface area contributed by atoms with Crippen LogP contribution in [-0.4, -0.2) is 34.4 Å². The minimum Gasteiger partial charge on any atom is -0.507 e. The third kappa shape index (κ3) is 7.95. The maximum absolute atomic E-state index is 12.1. The fourth-order valence-electron chi connectivity index (χ4n) is 4.19. The van der Waals surface area contributed by atoms with Crippen molar-refractivity contribution in [3.8, 4) is 5.75 Å². The van der Waals surface area contributed by atoms with Crippen LogP contribution in [0.15, 0.2) is 97.7 Å². The van der Waals surface area contributed by atoms with Crippen molar-refractivity contribution < 1.29 is 9.90 Å². The van der Waals surface area contributed by atoms with Gasteiger partial charge in [-0.05, 0) is 61.6 Å². The second-order valence-corrected chi connectivity index (χ2v) is 9.21. The number of benzene rings is 3. The summed E-state index contributed by atoms with van der Waals surface area (Å²) < 4.78 is 1.84. The molecule has 0 saturated carbocycles. The van der Waals surface area contributed by atoms with Crippen LogP contribution in [0, 0.1) is 6.92 Å². The van der Waals surface area contributed by atoms with Gasteiger partial charge in [0.1, 0.15) is 5.75 Å². The van der Waals surface area contributed by atoms with Crippen LogP contribution >= 0.6 is 0 Å². The molecule has 39 heavy (non-hydrogen) atoms. The number of phenolic OH excluding ortho intramolecular Hbond substituents is 1. The van der Waals surface area contributed by atoms with E-state index >= 15 is 0 Å². The molecule has 0 aliphatic carbocycles. The number of nitrogens with one attached hydrogen (secondary N) is 2. The van der Waals surface area contributed by atoms with Crippen LogP contribution in [0.25, 0.3) is 11.3 Å². The van der Waals surface area contributed by atoms with Gasteiger partial charge >= 0.3 is 0 Å². The van der Waals surface area contributed by atoms with Crippen LogP contribution in [-0.2, 0) is 6.42 Å². The van der Waals surface area contributed by atoms with Gasteiger partial charge in [-0.1, -0.05) is 80.2 Å². The van der Waals surface area contributed by atoms with E-state index in [1.807, 2.05) is 86.3 Å². The highest BCUT2D eigenvalue weighted by atomic mass is 16.3. The van der Waals surface area contributed by atoms with E-state index in [2.05, 4.69) is 41.4 Å². The van der Waals surface area contributed by atoms with Gasteiger partial charge in [0.05, 0.1) is 17.6 Å². The molecule has 0 atom stereocenters. The first-order valence-electron chi connectivity index (χ1n) is 13.1. The summed E-state index contributed by atoms with van der Waals surface area (Å²) in [7, 11) is 1.87. The van der Waals surface area contributed by atoms with Gasteiger partial charge in [0.2, 0.25) is 0 Å². The maximum Gasteiger partial charge on any atom is 0.251 e. The molecule has 0 bridgehead atoms. The number of amides is 1. The molecule has 4 rings (SSSR count). The lowest BCUT2D eigenvalue weighted by molar-refractivity contribution is 0.0953. The van der Waals surface area contributed by atoms with Gasteiger partial charge in [-0.25, -0.2) is 4.68 Å². The number of carbonyl (C=O) groups is 1. The smallest absolute Gasteiger partial charge is 0.251 e. The number of phenols is 1. The monoisotopic (exact) mass is 522 g/mol. The molecular formula is C33H38N4O2. The van der Waals surface area contributed by atoms with Crippen molar-refractivity contribution in [3.63, 3.8) is 0 Å². The van der Waals surface area contributed by atoms with Crippen LogP contribution < -0.4 is 10.6 Å². The van der Waals surface area contributed by atoms with Gasteiger partial charge in [-0.2, -0.15) is 5.10 Å². The van der Waals surface area contributed by atoms with E-state index in [-0.39, 0.29) is 11.7 Å². The van der Waals surface area contributed by atoms with E-state index in [0.29, 0.717) is 0 Å². The van der Waals surface area contributed by atoms with Gasteiger partial charge in [0, 0.05) is 30.4 Å². The molecule has 1 aromatic heterocycles. The van der Waals surface area contributed by atoms with Gasteiger partial charge in [-0.3, -0.25) is 4.79 Å². The van der Waals surface area contributed by atoms with Gasteiger partial charge < -0.3 is 15.7 Å². The van der Waals surface area contributed by atoms with E-state index in [1.165, 1.54) is 5.56 Å². The second-order valence-electron chi connectivity index (χ2n) is 9.21. The molecule has 0 fully saturated rings. The van der Waals surface area contributed by atoms with Crippen molar-refractivity contribution >= 4 is 22.9 Å². The number of aromatic nitrogens is 2. The fraction of sp³-hybridized carbons (Fsp3) is 0.212. The third-order valence-electron chi connectivity index (χ3n) is 6.28. The number of para-hydroxylation sites is 1. The minimum atomic E-state index is 0.0216. The first-order valence-corrected chi connectivity index (χ1v) is 13.1. The summed E-state index contributed by atoms with van der Waals surface area (Å²) in [6, 6.07) is 25.2. The summed E-state index contributed by atoms with van der Waals surface area (Å²) in [5, 5.41) is 20.2. The molecule has 0 saturated heterocycles. The van der Waals surface area contributed by atoms with Gasteiger partial charge in [-0.15, -0.1) is 0 Å². The Kier molecular flexibility index (Phi) is 10.7. The summed E-state index contributed by atoms with van der Waals surface area (Å²) in [4.78, 5) is 12.1. The number of hydrogen-bond acceptors (Lipinski definition) is 4. The predicted molar refractivity (Wildman–Crippen MR) is 162 cm³/mol. The average Bonchev–Trinajstić information content (AvgIpc) is 3.33. The number of allylic oxidation sites excluding steroid dienone is 3. The Morgan fingerprint density at radius 1 is 1.00 bits per heavy atom. The maximum atomic E-state index is 12.1. The SMILES string of the molecule is C=C(/C=C(/C)n1ncc(NC)c1C)c1ccccc1O.CCCNC(=O)c1ccccc1Cc1ccccc1. The van der Waals surface area contributed by atoms with Gasteiger partial charge in [0.15, 0.2) is 0 Å². The zero-order chi connectivity index (χ0) is 28.2. The Hall–Kier alpha value is -4.58. The Balaban J connectivity index is 0.000000216. The molecule has 0 aliphatic rings. The fourth-order valence-corrected chi connectivity index (χ4v) is 4.19. The highest BCUT2D eigenvalue weighted by Crippen LogP contribution is 2.26. The predicted octanol–water partition coefficient (Wildman–Crippen LogP) is 6.93. The third-order valence-corrected chi connectivity index (χ3v) is 6.28. The first kappa shape index (κ1) is 29.0. The molecule has 0 radical (unpaired) electrons. The van der Waals surface area contributed by atoms with Crippen LogP contribution in [0.1, 0.15) is 53.0 Å². The Morgan fingerprint density at radius 2 is 1.64 bits per heavy atom. The lowest BCUT2D eigenvalue weighted by atomic mass is 9.99. The highest BCUT2D eigenvalue weighted by molar-refractivity contribution is 5.95. The van der Waals surface area contributed by atoms with E-state index in [4.69, 9.17) is 0 Å². The normalized spacial score (nSPS) is 10.8. The van der Waals surface area contributed by atoms with Crippen molar-refractivity contribution in [1.82, 2.24) is 15.1 Å². The summed E-state index contributed by atoms with van der Waals surface area (Å²) in [6.07, 6.45) is 5.44. The molecule has 202 valence electrons. The number of aromatic hydroxyl groups is 1. The Bertz CT molecular complexity index is 1420. The molecule has 3 aromatic carbocycles. The van der Waals surface area contributed by atoms with Crippen molar-refractivity contribution in [2.24, 2.45) is 0 Å². The van der Waals surface area contributed by atoms with Crippen LogP contribution in [0.3, 0.4) is 0 Å². The largest absolute Gasteiger partial charge is 0.507 e. The quantitative estimate of drug-likeness (QED) is 0.208. The number of hydrogen-bond donors (Lipinski definition) is 3. The molecule has 3 N–H and O–H groups in total. The molecule has 1 amide bonds. The molecule has 6 heteroatoms. The molecule has 6 nitrogen and oxygen atoms in total. The standard InChI is InChI=1S/C17H19NO.C16H19N3O/c1-2-12-18-17(19)16-11-7-6-10-15(16)13-14-8-4-3-5-9-14;1-11(14-7-5-6-8-16(14)20)9-12(2)19-13(3)15(17-4)10-18-19/h3-11H,2,12-13H2,1H3,(H,18,19);5-10,17,20H,1H2,2-4H3/b;12-9-. The molecule has 1 heterocycles. The summed E-state index contributed by atoms with van der Waals surface area (Å²) in [5.74, 6) is 0.253. The Morgan fingerprint density at radius 3 is 2.28 bits per heavy atom. The van der Waals surface area contributed by atoms with Crippen LogP contribution in [0.2, 0.25) is 0 Å². The molecule has 4 aromatic rings. The summed E-state index contributed by atoms with van der Waals surface area (Å²) in [6.45, 7) is 10.7.